The fraction of sp³-hybridized carbons (Fsp3) is 0.333. The van der Waals surface area contributed by atoms with E-state index in [0.29, 0.717) is 36.9 Å². The molecule has 150 valence electrons. The van der Waals surface area contributed by atoms with Gasteiger partial charge in [0.1, 0.15) is 11.5 Å². The van der Waals surface area contributed by atoms with Crippen LogP contribution in [-0.4, -0.2) is 23.2 Å². The van der Waals surface area contributed by atoms with Gasteiger partial charge in [0.25, 0.3) is 0 Å². The van der Waals surface area contributed by atoms with Crippen molar-refractivity contribution in [1.29, 1.82) is 0 Å². The van der Waals surface area contributed by atoms with Gasteiger partial charge >= 0.3 is 5.69 Å². The minimum atomic E-state index is -0.604. The van der Waals surface area contributed by atoms with E-state index >= 15 is 0 Å². The van der Waals surface area contributed by atoms with Crippen molar-refractivity contribution in [1.82, 2.24) is 0 Å². The molecule has 0 heterocycles. The number of nitro groups is 1. The molecule has 0 aliphatic heterocycles. The monoisotopic (exact) mass is 387 g/mol. The Morgan fingerprint density at radius 3 is 2.46 bits per heavy atom. The van der Waals surface area contributed by atoms with Gasteiger partial charge in [-0.1, -0.05) is 19.9 Å². The van der Waals surface area contributed by atoms with Gasteiger partial charge < -0.3 is 19.3 Å². The van der Waals surface area contributed by atoms with Crippen LogP contribution in [0.3, 0.4) is 0 Å². The largest absolute Gasteiger partial charge is 0.508 e. The maximum absolute atomic E-state index is 11.4. The Hall–Kier alpha value is -3.22. The number of benzene rings is 2. The van der Waals surface area contributed by atoms with E-state index in [1.165, 1.54) is 12.1 Å². The molecule has 0 fully saturated rings. The molecule has 2 aromatic rings. The third-order valence-electron chi connectivity index (χ3n) is 3.76. The Kier molecular flexibility index (Phi) is 7.68. The van der Waals surface area contributed by atoms with E-state index in [-0.39, 0.29) is 17.2 Å². The number of rotatable bonds is 11. The number of nitrogens with zero attached hydrogens (tertiary/aromatic N) is 1. The first-order valence-electron chi connectivity index (χ1n) is 9.18. The van der Waals surface area contributed by atoms with Crippen molar-refractivity contribution in [3.05, 3.63) is 58.7 Å². The van der Waals surface area contributed by atoms with Crippen LogP contribution in [0, 0.1) is 10.1 Å². The van der Waals surface area contributed by atoms with Gasteiger partial charge in [0.15, 0.2) is 11.5 Å². The number of nitro benzene ring substituents is 1. The van der Waals surface area contributed by atoms with Crippen LogP contribution < -0.4 is 14.2 Å². The molecule has 2 aromatic carbocycles. The molecule has 7 heteroatoms. The van der Waals surface area contributed by atoms with E-state index in [9.17, 15) is 15.2 Å². The maximum Gasteiger partial charge on any atom is 0.315 e. The van der Waals surface area contributed by atoms with Crippen molar-refractivity contribution in [2.24, 2.45) is 0 Å². The molecule has 7 nitrogen and oxygen atoms in total. The molecule has 0 spiro atoms. The lowest BCUT2D eigenvalue weighted by molar-refractivity contribution is -0.385. The highest BCUT2D eigenvalue weighted by Gasteiger charge is 2.21. The molecule has 0 bridgehead atoms. The zero-order valence-corrected chi connectivity index (χ0v) is 16.1. The summed E-state index contributed by atoms with van der Waals surface area (Å²) in [7, 11) is 0. The molecule has 2 rings (SSSR count). The molecule has 0 unspecified atom stereocenters. The van der Waals surface area contributed by atoms with E-state index in [4.69, 9.17) is 14.2 Å². The van der Waals surface area contributed by atoms with Crippen molar-refractivity contribution in [2.45, 2.75) is 33.1 Å². The van der Waals surface area contributed by atoms with Crippen LogP contribution in [-0.2, 0) is 6.42 Å². The second-order valence-electron chi connectivity index (χ2n) is 6.11. The summed E-state index contributed by atoms with van der Waals surface area (Å²) < 4.78 is 17.5. The quantitative estimate of drug-likeness (QED) is 0.315. The van der Waals surface area contributed by atoms with Crippen LogP contribution >= 0.6 is 0 Å². The van der Waals surface area contributed by atoms with Gasteiger partial charge in [-0.15, -0.1) is 6.58 Å². The Balaban J connectivity index is 2.53. The minimum absolute atomic E-state index is 0.0108. The van der Waals surface area contributed by atoms with Crippen LogP contribution in [0.4, 0.5) is 5.69 Å². The SMILES string of the molecule is C=CCc1cc(OCCC)cc(OCCC)c1Oc1ccc(O)cc1[N+](=O)[O-]. The Bertz CT molecular complexity index is 834. The third-order valence-corrected chi connectivity index (χ3v) is 3.76. The molecular formula is C21H25NO6. The van der Waals surface area contributed by atoms with E-state index in [2.05, 4.69) is 6.58 Å². The van der Waals surface area contributed by atoms with Gasteiger partial charge in [0, 0.05) is 11.6 Å². The van der Waals surface area contributed by atoms with Crippen molar-refractivity contribution in [3.63, 3.8) is 0 Å². The number of allylic oxidation sites excluding steroid dienone is 1. The van der Waals surface area contributed by atoms with Gasteiger partial charge in [-0.3, -0.25) is 10.1 Å². The van der Waals surface area contributed by atoms with Crippen LogP contribution in [0.5, 0.6) is 28.7 Å². The summed E-state index contributed by atoms with van der Waals surface area (Å²) in [5.74, 6) is 1.24. The highest BCUT2D eigenvalue weighted by molar-refractivity contribution is 5.58. The molecule has 28 heavy (non-hydrogen) atoms. The molecule has 0 saturated heterocycles. The molecule has 0 amide bonds. The molecule has 1 N–H and O–H groups in total. The van der Waals surface area contributed by atoms with Gasteiger partial charge in [0.05, 0.1) is 24.2 Å². The molecule has 0 radical (unpaired) electrons. The van der Waals surface area contributed by atoms with Crippen LogP contribution in [0.1, 0.15) is 32.3 Å². The number of phenols is 1. The summed E-state index contributed by atoms with van der Waals surface area (Å²) in [6.45, 7) is 8.78. The maximum atomic E-state index is 11.4. The smallest absolute Gasteiger partial charge is 0.315 e. The van der Waals surface area contributed by atoms with Crippen LogP contribution in [0.2, 0.25) is 0 Å². The molecule has 0 aromatic heterocycles. The Morgan fingerprint density at radius 1 is 1.11 bits per heavy atom. The Labute approximate surface area is 164 Å². The van der Waals surface area contributed by atoms with Crippen LogP contribution in [0.15, 0.2) is 43.0 Å². The summed E-state index contributed by atoms with van der Waals surface area (Å²) in [5, 5.41) is 20.9. The predicted octanol–water partition coefficient (Wildman–Crippen LogP) is 5.40. The van der Waals surface area contributed by atoms with E-state index in [1.54, 1.807) is 12.1 Å². The normalized spacial score (nSPS) is 10.4. The first kappa shape index (κ1) is 21.1. The number of phenolic OH excluding ortho intramolecular Hbond substituents is 1. The van der Waals surface area contributed by atoms with Crippen molar-refractivity contribution >= 4 is 5.69 Å². The summed E-state index contributed by atoms with van der Waals surface area (Å²) >= 11 is 0. The zero-order chi connectivity index (χ0) is 20.5. The van der Waals surface area contributed by atoms with Crippen molar-refractivity contribution in [2.75, 3.05) is 13.2 Å². The summed E-state index contributed by atoms with van der Waals surface area (Å²) in [5.41, 5.74) is 0.398. The molecule has 0 aliphatic rings. The van der Waals surface area contributed by atoms with E-state index < -0.39 is 4.92 Å². The number of hydrogen-bond donors (Lipinski definition) is 1. The second-order valence-corrected chi connectivity index (χ2v) is 6.11. The topological polar surface area (TPSA) is 91.1 Å². The molecule has 0 atom stereocenters. The lowest BCUT2D eigenvalue weighted by atomic mass is 10.1. The first-order chi connectivity index (χ1) is 13.5. The Morgan fingerprint density at radius 2 is 1.82 bits per heavy atom. The predicted molar refractivity (Wildman–Crippen MR) is 107 cm³/mol. The number of ether oxygens (including phenoxy) is 3. The third kappa shape index (κ3) is 5.39. The molecular weight excluding hydrogens is 362 g/mol. The van der Waals surface area contributed by atoms with Crippen LogP contribution in [0.25, 0.3) is 0 Å². The standard InChI is InChI=1S/C21H25NO6/c1-4-7-15-12-17(26-10-5-2)14-20(27-11-6-3)21(15)28-19-9-8-16(23)13-18(19)22(24)25/h4,8-9,12-14,23H,1,5-7,10-11H2,2-3H3. The van der Waals surface area contributed by atoms with E-state index in [0.717, 1.165) is 24.5 Å². The fourth-order valence-electron chi connectivity index (χ4n) is 2.52. The minimum Gasteiger partial charge on any atom is -0.508 e. The number of aromatic hydroxyl groups is 1. The lowest BCUT2D eigenvalue weighted by Crippen LogP contribution is -2.03. The molecule has 0 saturated carbocycles. The van der Waals surface area contributed by atoms with Gasteiger partial charge in [-0.25, -0.2) is 0 Å². The zero-order valence-electron chi connectivity index (χ0n) is 16.1. The number of hydrogen-bond acceptors (Lipinski definition) is 6. The first-order valence-corrected chi connectivity index (χ1v) is 9.18. The fourth-order valence-corrected chi connectivity index (χ4v) is 2.52. The second kappa shape index (κ2) is 10.2. The highest BCUT2D eigenvalue weighted by atomic mass is 16.6. The summed E-state index contributed by atoms with van der Waals surface area (Å²) in [6.07, 6.45) is 3.82. The average Bonchev–Trinajstić information content (AvgIpc) is 2.67. The summed E-state index contributed by atoms with van der Waals surface area (Å²) in [4.78, 5) is 10.7. The molecule has 0 aliphatic carbocycles. The van der Waals surface area contributed by atoms with Gasteiger partial charge in [-0.05, 0) is 37.5 Å². The van der Waals surface area contributed by atoms with Gasteiger partial charge in [0.2, 0.25) is 5.75 Å². The lowest BCUT2D eigenvalue weighted by Gasteiger charge is -2.18. The van der Waals surface area contributed by atoms with Crippen molar-refractivity contribution in [3.8, 4) is 28.7 Å². The highest BCUT2D eigenvalue weighted by Crippen LogP contribution is 2.42. The summed E-state index contributed by atoms with van der Waals surface area (Å²) in [6, 6.07) is 7.28. The average molecular weight is 387 g/mol. The van der Waals surface area contributed by atoms with E-state index in [1.807, 2.05) is 19.9 Å². The van der Waals surface area contributed by atoms with Gasteiger partial charge in [-0.2, -0.15) is 0 Å². The van der Waals surface area contributed by atoms with Crippen molar-refractivity contribution < 1.29 is 24.2 Å².